The van der Waals surface area contributed by atoms with Crippen molar-refractivity contribution >= 4 is 42.8 Å². The normalized spacial score (nSPS) is 13.1. The van der Waals surface area contributed by atoms with Gasteiger partial charge in [-0.1, -0.05) is 0 Å². The minimum Gasteiger partial charge on any atom is -0.229 e. The quantitative estimate of drug-likeness (QED) is 0.733. The number of thiophene rings is 1. The second-order valence-corrected chi connectivity index (χ2v) is 9.34. The van der Waals surface area contributed by atoms with Crippen LogP contribution in [0.25, 0.3) is 0 Å². The number of sulfonamides is 1. The molecule has 0 aromatic carbocycles. The molecule has 5 nitrogen and oxygen atoms in total. The standard InChI is InChI=1S/C9H14ClNO4S3/c1-11(4-6-17(2,12)13)18(14,15)9-3-5-16-8(9)7-10/h3,5H,4,6-7H2,1-2H3. The number of alkyl halides is 1. The molecule has 0 atom stereocenters. The molecule has 0 unspecified atom stereocenters. The number of hydrogen-bond donors (Lipinski definition) is 0. The molecule has 0 N–H and O–H groups in total. The van der Waals surface area contributed by atoms with Crippen molar-refractivity contribution in [3.63, 3.8) is 0 Å². The topological polar surface area (TPSA) is 71.5 Å². The molecule has 0 radical (unpaired) electrons. The summed E-state index contributed by atoms with van der Waals surface area (Å²) < 4.78 is 47.4. The van der Waals surface area contributed by atoms with Crippen molar-refractivity contribution in [3.8, 4) is 0 Å². The number of sulfone groups is 1. The van der Waals surface area contributed by atoms with Gasteiger partial charge in [-0.3, -0.25) is 0 Å². The summed E-state index contributed by atoms with van der Waals surface area (Å²) in [6.07, 6.45) is 1.07. The summed E-state index contributed by atoms with van der Waals surface area (Å²) in [4.78, 5) is 0.710. The fourth-order valence-electron chi connectivity index (χ4n) is 1.24. The molecule has 1 aromatic rings. The van der Waals surface area contributed by atoms with E-state index in [0.29, 0.717) is 4.88 Å². The van der Waals surface area contributed by atoms with E-state index in [1.807, 2.05) is 0 Å². The first-order chi connectivity index (χ1) is 8.18. The zero-order valence-corrected chi connectivity index (χ0v) is 13.2. The first-order valence-corrected chi connectivity index (χ1v) is 9.86. The molecular weight excluding hydrogens is 318 g/mol. The molecule has 1 rings (SSSR count). The summed E-state index contributed by atoms with van der Waals surface area (Å²) in [5, 5.41) is 1.65. The van der Waals surface area contributed by atoms with E-state index >= 15 is 0 Å². The van der Waals surface area contributed by atoms with Crippen molar-refractivity contribution in [1.82, 2.24) is 4.31 Å². The molecule has 18 heavy (non-hydrogen) atoms. The predicted octanol–water partition coefficient (Wildman–Crippen LogP) is 1.15. The van der Waals surface area contributed by atoms with E-state index in [1.54, 1.807) is 5.38 Å². The van der Waals surface area contributed by atoms with Gasteiger partial charge in [-0.25, -0.2) is 16.8 Å². The summed E-state index contributed by atoms with van der Waals surface area (Å²) in [5.41, 5.74) is 0. The Kier molecular flexibility index (Phi) is 5.19. The maximum absolute atomic E-state index is 12.2. The Labute approximate surface area is 116 Å². The third-order valence-electron chi connectivity index (χ3n) is 2.29. The van der Waals surface area contributed by atoms with Gasteiger partial charge in [-0.2, -0.15) is 4.31 Å². The van der Waals surface area contributed by atoms with Gasteiger partial charge in [0.05, 0.1) is 16.5 Å². The summed E-state index contributed by atoms with van der Waals surface area (Å²) in [5.74, 6) is -0.0881. The van der Waals surface area contributed by atoms with Crippen LogP contribution in [0.4, 0.5) is 0 Å². The molecule has 104 valence electrons. The van der Waals surface area contributed by atoms with Gasteiger partial charge in [0.1, 0.15) is 9.84 Å². The smallest absolute Gasteiger partial charge is 0.229 e. The van der Waals surface area contributed by atoms with Crippen LogP contribution in [0, 0.1) is 0 Å². The van der Waals surface area contributed by atoms with Crippen molar-refractivity contribution in [2.45, 2.75) is 10.8 Å². The molecule has 1 heterocycles. The molecule has 1 aromatic heterocycles. The van der Waals surface area contributed by atoms with E-state index in [-0.39, 0.29) is 23.1 Å². The van der Waals surface area contributed by atoms with E-state index in [9.17, 15) is 16.8 Å². The van der Waals surface area contributed by atoms with E-state index in [1.165, 1.54) is 24.5 Å². The molecule has 0 aliphatic heterocycles. The zero-order chi connectivity index (χ0) is 14.0. The van der Waals surface area contributed by atoms with E-state index < -0.39 is 19.9 Å². The Morgan fingerprint density at radius 3 is 2.44 bits per heavy atom. The molecule has 0 aliphatic carbocycles. The fourth-order valence-corrected chi connectivity index (χ4v) is 4.80. The van der Waals surface area contributed by atoms with Crippen LogP contribution in [0.3, 0.4) is 0 Å². The predicted molar refractivity (Wildman–Crippen MR) is 73.4 cm³/mol. The second kappa shape index (κ2) is 5.87. The van der Waals surface area contributed by atoms with Crippen LogP contribution in [-0.2, 0) is 25.7 Å². The Morgan fingerprint density at radius 1 is 1.33 bits per heavy atom. The van der Waals surface area contributed by atoms with Crippen LogP contribution in [0.2, 0.25) is 0 Å². The average Bonchev–Trinajstić information content (AvgIpc) is 2.73. The Morgan fingerprint density at radius 2 is 1.94 bits per heavy atom. The average molecular weight is 332 g/mol. The molecule has 0 fully saturated rings. The van der Waals surface area contributed by atoms with E-state index in [2.05, 4.69) is 0 Å². The van der Waals surface area contributed by atoms with Gasteiger partial charge in [0, 0.05) is 24.7 Å². The molecular formula is C9H14ClNO4S3. The molecule has 0 amide bonds. The third kappa shape index (κ3) is 3.92. The Balaban J connectivity index is 2.94. The van der Waals surface area contributed by atoms with Crippen LogP contribution in [-0.4, -0.2) is 46.7 Å². The van der Waals surface area contributed by atoms with Gasteiger partial charge in [0.2, 0.25) is 10.0 Å². The van der Waals surface area contributed by atoms with Crippen LogP contribution in [0.1, 0.15) is 4.88 Å². The number of halogens is 1. The summed E-state index contributed by atoms with van der Waals surface area (Å²) in [6.45, 7) is -0.0707. The molecule has 0 saturated carbocycles. The fraction of sp³-hybridized carbons (Fsp3) is 0.556. The highest BCUT2D eigenvalue weighted by atomic mass is 35.5. The lowest BCUT2D eigenvalue weighted by molar-refractivity contribution is 0.484. The largest absolute Gasteiger partial charge is 0.243 e. The molecule has 0 spiro atoms. The van der Waals surface area contributed by atoms with Crippen molar-refractivity contribution in [3.05, 3.63) is 16.3 Å². The van der Waals surface area contributed by atoms with Gasteiger partial charge in [-0.15, -0.1) is 22.9 Å². The van der Waals surface area contributed by atoms with Gasteiger partial charge in [0.15, 0.2) is 0 Å². The lowest BCUT2D eigenvalue weighted by atomic mass is 10.5. The molecule has 0 aliphatic rings. The van der Waals surface area contributed by atoms with Crippen LogP contribution in [0.15, 0.2) is 16.3 Å². The van der Waals surface area contributed by atoms with E-state index in [4.69, 9.17) is 11.6 Å². The SMILES string of the molecule is CN(CCS(C)(=O)=O)S(=O)(=O)c1ccsc1CCl. The monoisotopic (exact) mass is 331 g/mol. The number of hydrogen-bond acceptors (Lipinski definition) is 5. The summed E-state index contributed by atoms with van der Waals surface area (Å²) in [6, 6.07) is 1.48. The third-order valence-corrected chi connectivity index (χ3v) is 6.63. The van der Waals surface area contributed by atoms with E-state index in [0.717, 1.165) is 10.6 Å². The van der Waals surface area contributed by atoms with Crippen molar-refractivity contribution in [1.29, 1.82) is 0 Å². The number of nitrogens with zero attached hydrogens (tertiary/aromatic N) is 1. The lowest BCUT2D eigenvalue weighted by Crippen LogP contribution is -2.31. The first-order valence-electron chi connectivity index (χ1n) is 4.95. The second-order valence-electron chi connectivity index (χ2n) is 3.80. The van der Waals surface area contributed by atoms with Crippen LogP contribution in [0.5, 0.6) is 0 Å². The highest BCUT2D eigenvalue weighted by Gasteiger charge is 2.25. The highest BCUT2D eigenvalue weighted by Crippen LogP contribution is 2.25. The van der Waals surface area contributed by atoms with Crippen LogP contribution >= 0.6 is 22.9 Å². The molecule has 0 saturated heterocycles. The molecule has 9 heteroatoms. The lowest BCUT2D eigenvalue weighted by Gasteiger charge is -2.16. The Bertz CT molecular complexity index is 606. The maximum atomic E-state index is 12.2. The zero-order valence-electron chi connectivity index (χ0n) is 9.96. The highest BCUT2D eigenvalue weighted by molar-refractivity contribution is 7.91. The first kappa shape index (κ1) is 15.9. The molecule has 0 bridgehead atoms. The minimum atomic E-state index is -3.67. The summed E-state index contributed by atoms with van der Waals surface area (Å²) in [7, 11) is -5.50. The van der Waals surface area contributed by atoms with Crippen molar-refractivity contribution in [2.75, 3.05) is 25.6 Å². The Hall–Kier alpha value is -0.150. The van der Waals surface area contributed by atoms with Crippen molar-refractivity contribution in [2.24, 2.45) is 0 Å². The van der Waals surface area contributed by atoms with Crippen LogP contribution < -0.4 is 0 Å². The van der Waals surface area contributed by atoms with Gasteiger partial charge < -0.3 is 0 Å². The maximum Gasteiger partial charge on any atom is 0.243 e. The summed E-state index contributed by atoms with van der Waals surface area (Å²) >= 11 is 6.93. The number of rotatable bonds is 6. The van der Waals surface area contributed by atoms with Crippen molar-refractivity contribution < 1.29 is 16.8 Å². The van der Waals surface area contributed by atoms with Gasteiger partial charge >= 0.3 is 0 Å². The minimum absolute atomic E-state index is 0.0707. The van der Waals surface area contributed by atoms with Gasteiger partial charge in [-0.05, 0) is 11.4 Å². The van der Waals surface area contributed by atoms with Gasteiger partial charge in [0.25, 0.3) is 0 Å².